The Morgan fingerprint density at radius 2 is 1.83 bits per heavy atom. The van der Waals surface area contributed by atoms with Crippen LogP contribution in [0.15, 0.2) is 12.7 Å². The first kappa shape index (κ1) is 21.9. The molecule has 0 saturated heterocycles. The first-order chi connectivity index (χ1) is 11.1. The normalized spacial score (nSPS) is 13.5. The lowest BCUT2D eigenvalue weighted by Crippen LogP contribution is -2.56. The van der Waals surface area contributed by atoms with Crippen molar-refractivity contribution in [2.75, 3.05) is 6.61 Å². The number of allylic oxidation sites excluding steroid dienone is 1. The molecule has 0 spiro atoms. The van der Waals surface area contributed by atoms with E-state index in [9.17, 15) is 14.4 Å². The standard InChI is InChI=1S/C17H29NO6/c1-6-8-11-17(14(21)23-7-2,12-9-10-13(19)20)18-15(22)24-16(3,4)5/h6H,1,7-12H2,2-5H3,(H,18,22)(H,19,20)/t17-/m0/s1. The van der Waals surface area contributed by atoms with Gasteiger partial charge in [-0.1, -0.05) is 6.08 Å². The predicted molar refractivity (Wildman–Crippen MR) is 89.7 cm³/mol. The fourth-order valence-corrected chi connectivity index (χ4v) is 2.16. The van der Waals surface area contributed by atoms with Crippen molar-refractivity contribution in [1.82, 2.24) is 5.32 Å². The van der Waals surface area contributed by atoms with Crippen LogP contribution in [0.25, 0.3) is 0 Å². The Kier molecular flexibility index (Phi) is 9.10. The molecule has 7 nitrogen and oxygen atoms in total. The van der Waals surface area contributed by atoms with Crippen LogP contribution in [0, 0.1) is 0 Å². The van der Waals surface area contributed by atoms with E-state index in [1.54, 1.807) is 33.8 Å². The highest BCUT2D eigenvalue weighted by atomic mass is 16.6. The third kappa shape index (κ3) is 8.55. The number of carboxylic acid groups (broad SMARTS) is 1. The molecule has 0 radical (unpaired) electrons. The van der Waals surface area contributed by atoms with Gasteiger partial charge in [0.15, 0.2) is 0 Å². The quantitative estimate of drug-likeness (QED) is 0.467. The highest BCUT2D eigenvalue weighted by molar-refractivity contribution is 5.86. The van der Waals surface area contributed by atoms with Crippen molar-refractivity contribution in [3.05, 3.63) is 12.7 Å². The number of alkyl carbamates (subject to hydrolysis) is 1. The van der Waals surface area contributed by atoms with Crippen molar-refractivity contribution in [1.29, 1.82) is 0 Å². The van der Waals surface area contributed by atoms with Crippen LogP contribution in [-0.2, 0) is 19.1 Å². The highest BCUT2D eigenvalue weighted by Crippen LogP contribution is 2.24. The van der Waals surface area contributed by atoms with Crippen LogP contribution >= 0.6 is 0 Å². The van der Waals surface area contributed by atoms with Crippen molar-refractivity contribution in [3.63, 3.8) is 0 Å². The zero-order chi connectivity index (χ0) is 18.8. The zero-order valence-corrected chi connectivity index (χ0v) is 15.0. The van der Waals surface area contributed by atoms with Gasteiger partial charge in [0, 0.05) is 6.42 Å². The second kappa shape index (κ2) is 9.95. The van der Waals surface area contributed by atoms with Crippen molar-refractivity contribution < 1.29 is 29.0 Å². The maximum absolute atomic E-state index is 12.5. The molecule has 2 N–H and O–H groups in total. The minimum Gasteiger partial charge on any atom is -0.481 e. The van der Waals surface area contributed by atoms with Crippen LogP contribution in [0.3, 0.4) is 0 Å². The summed E-state index contributed by atoms with van der Waals surface area (Å²) in [7, 11) is 0. The van der Waals surface area contributed by atoms with Crippen LogP contribution < -0.4 is 5.32 Å². The Morgan fingerprint density at radius 3 is 2.29 bits per heavy atom. The fourth-order valence-electron chi connectivity index (χ4n) is 2.16. The van der Waals surface area contributed by atoms with Gasteiger partial charge < -0.3 is 19.9 Å². The molecule has 24 heavy (non-hydrogen) atoms. The fraction of sp³-hybridized carbons (Fsp3) is 0.706. The number of rotatable bonds is 10. The Hall–Kier alpha value is -2.05. The molecule has 0 bridgehead atoms. The van der Waals surface area contributed by atoms with Crippen LogP contribution in [0.2, 0.25) is 0 Å². The number of hydrogen-bond donors (Lipinski definition) is 2. The summed E-state index contributed by atoms with van der Waals surface area (Å²) in [6.45, 7) is 10.6. The van der Waals surface area contributed by atoms with Gasteiger partial charge in [0.25, 0.3) is 0 Å². The predicted octanol–water partition coefficient (Wildman–Crippen LogP) is 3.03. The van der Waals surface area contributed by atoms with Gasteiger partial charge in [0.2, 0.25) is 0 Å². The summed E-state index contributed by atoms with van der Waals surface area (Å²) in [6, 6.07) is 0. The highest BCUT2D eigenvalue weighted by Gasteiger charge is 2.41. The average Bonchev–Trinajstić information content (AvgIpc) is 2.42. The molecule has 0 aliphatic rings. The van der Waals surface area contributed by atoms with E-state index in [-0.39, 0.29) is 32.3 Å². The third-order valence-corrected chi connectivity index (χ3v) is 3.18. The van der Waals surface area contributed by atoms with Gasteiger partial charge in [-0.15, -0.1) is 6.58 Å². The van der Waals surface area contributed by atoms with Crippen molar-refractivity contribution in [2.45, 2.75) is 70.9 Å². The second-order valence-corrected chi connectivity index (χ2v) is 6.50. The van der Waals surface area contributed by atoms with Crippen molar-refractivity contribution >= 4 is 18.0 Å². The van der Waals surface area contributed by atoms with E-state index >= 15 is 0 Å². The Bertz CT molecular complexity index is 454. The number of carbonyl (C=O) groups excluding carboxylic acids is 2. The summed E-state index contributed by atoms with van der Waals surface area (Å²) in [6.07, 6.45) is 1.87. The number of hydrogen-bond acceptors (Lipinski definition) is 5. The van der Waals surface area contributed by atoms with E-state index in [1.165, 1.54) is 0 Å². The van der Waals surface area contributed by atoms with E-state index in [0.717, 1.165) is 0 Å². The monoisotopic (exact) mass is 343 g/mol. The summed E-state index contributed by atoms with van der Waals surface area (Å²) >= 11 is 0. The Balaban J connectivity index is 5.35. The molecule has 0 rings (SSSR count). The number of esters is 1. The summed E-state index contributed by atoms with van der Waals surface area (Å²) in [5.41, 5.74) is -2.05. The largest absolute Gasteiger partial charge is 0.481 e. The molecule has 1 amide bonds. The minimum atomic E-state index is -1.33. The van der Waals surface area contributed by atoms with Crippen LogP contribution in [0.5, 0.6) is 0 Å². The van der Waals surface area contributed by atoms with Crippen molar-refractivity contribution in [2.24, 2.45) is 0 Å². The molecular weight excluding hydrogens is 314 g/mol. The first-order valence-electron chi connectivity index (χ1n) is 8.07. The summed E-state index contributed by atoms with van der Waals surface area (Å²) < 4.78 is 10.3. The summed E-state index contributed by atoms with van der Waals surface area (Å²) in [4.78, 5) is 35.4. The number of carbonyl (C=O) groups is 3. The lowest BCUT2D eigenvalue weighted by Gasteiger charge is -2.33. The lowest BCUT2D eigenvalue weighted by atomic mass is 9.87. The van der Waals surface area contributed by atoms with Gasteiger partial charge in [-0.05, 0) is 53.4 Å². The maximum atomic E-state index is 12.5. The van der Waals surface area contributed by atoms with Crippen molar-refractivity contribution in [3.8, 4) is 0 Å². The number of ether oxygens (including phenoxy) is 2. The number of nitrogens with one attached hydrogen (secondary N) is 1. The number of aliphatic carboxylic acids is 1. The van der Waals surface area contributed by atoms with Gasteiger partial charge in [-0.3, -0.25) is 4.79 Å². The first-order valence-corrected chi connectivity index (χ1v) is 8.07. The molecule has 0 unspecified atom stereocenters. The van der Waals surface area contributed by atoms with Gasteiger partial charge >= 0.3 is 18.0 Å². The SMILES string of the molecule is C=CCC[C@@](CCCC(=O)O)(NC(=O)OC(C)(C)C)C(=O)OCC. The molecule has 7 heteroatoms. The molecule has 0 heterocycles. The average molecular weight is 343 g/mol. The molecule has 0 fully saturated rings. The second-order valence-electron chi connectivity index (χ2n) is 6.50. The molecule has 1 atom stereocenters. The van der Waals surface area contributed by atoms with Gasteiger partial charge in [-0.25, -0.2) is 9.59 Å². The molecule has 0 aromatic rings. The summed E-state index contributed by atoms with van der Waals surface area (Å²) in [5, 5.41) is 11.4. The van der Waals surface area contributed by atoms with Crippen LogP contribution in [0.4, 0.5) is 4.79 Å². The van der Waals surface area contributed by atoms with Crippen LogP contribution in [-0.4, -0.2) is 40.9 Å². The zero-order valence-electron chi connectivity index (χ0n) is 15.0. The molecule has 0 aromatic carbocycles. The minimum absolute atomic E-state index is 0.106. The van der Waals surface area contributed by atoms with E-state index in [1.807, 2.05) is 0 Å². The topological polar surface area (TPSA) is 102 Å². The third-order valence-electron chi connectivity index (χ3n) is 3.18. The molecule has 138 valence electrons. The molecule has 0 aliphatic carbocycles. The molecule has 0 aromatic heterocycles. The molecule has 0 aliphatic heterocycles. The molecular formula is C17H29NO6. The smallest absolute Gasteiger partial charge is 0.408 e. The van der Waals surface area contributed by atoms with Gasteiger partial charge in [-0.2, -0.15) is 0 Å². The van der Waals surface area contributed by atoms with E-state index in [4.69, 9.17) is 14.6 Å². The van der Waals surface area contributed by atoms with Gasteiger partial charge in [0.05, 0.1) is 6.61 Å². The molecule has 0 saturated carbocycles. The van der Waals surface area contributed by atoms with E-state index in [2.05, 4.69) is 11.9 Å². The van der Waals surface area contributed by atoms with E-state index in [0.29, 0.717) is 6.42 Å². The van der Waals surface area contributed by atoms with Crippen LogP contribution in [0.1, 0.15) is 59.8 Å². The maximum Gasteiger partial charge on any atom is 0.408 e. The number of amides is 1. The van der Waals surface area contributed by atoms with E-state index < -0.39 is 29.2 Å². The summed E-state index contributed by atoms with van der Waals surface area (Å²) in [5.74, 6) is -1.56. The lowest BCUT2D eigenvalue weighted by molar-refractivity contribution is -0.152. The number of carboxylic acids is 1. The van der Waals surface area contributed by atoms with Gasteiger partial charge in [0.1, 0.15) is 11.1 Å². The Morgan fingerprint density at radius 1 is 1.21 bits per heavy atom. The Labute approximate surface area is 143 Å².